The highest BCUT2D eigenvalue weighted by molar-refractivity contribution is 7.22. The standard InChI is InChI=1S/C23H26N4O2S/c1-15-7-8-18(16(2)13-15)24-21(28)14-27-11-9-17(10-12-27)22(29)26-23-25-19-5-3-4-6-20(19)30-23/h3-8,13,17H,9-12,14H2,1-2H3,(H,24,28)(H,25,26,29). The Kier molecular flexibility index (Phi) is 6.11. The van der Waals surface area contributed by atoms with Crippen molar-refractivity contribution in [2.75, 3.05) is 30.3 Å². The molecule has 0 aliphatic carbocycles. The Hall–Kier alpha value is -2.77. The normalized spacial score (nSPS) is 15.3. The van der Waals surface area contributed by atoms with Gasteiger partial charge in [0.2, 0.25) is 11.8 Å². The molecule has 3 aromatic rings. The van der Waals surface area contributed by atoms with Gasteiger partial charge in [0.25, 0.3) is 0 Å². The highest BCUT2D eigenvalue weighted by Crippen LogP contribution is 2.27. The van der Waals surface area contributed by atoms with Crippen molar-refractivity contribution >= 4 is 44.2 Å². The van der Waals surface area contributed by atoms with Crippen LogP contribution in [0.15, 0.2) is 42.5 Å². The van der Waals surface area contributed by atoms with Crippen LogP contribution >= 0.6 is 11.3 Å². The Morgan fingerprint density at radius 1 is 1.10 bits per heavy atom. The summed E-state index contributed by atoms with van der Waals surface area (Å²) in [6.07, 6.45) is 1.49. The van der Waals surface area contributed by atoms with E-state index in [9.17, 15) is 9.59 Å². The molecule has 1 aromatic heterocycles. The number of rotatable bonds is 5. The van der Waals surface area contributed by atoms with E-state index in [2.05, 4.69) is 26.6 Å². The number of benzene rings is 2. The smallest absolute Gasteiger partial charge is 0.238 e. The Balaban J connectivity index is 1.25. The maximum absolute atomic E-state index is 12.6. The third-order valence-electron chi connectivity index (χ3n) is 5.51. The lowest BCUT2D eigenvalue weighted by Crippen LogP contribution is -2.41. The number of nitrogens with one attached hydrogen (secondary N) is 2. The van der Waals surface area contributed by atoms with Gasteiger partial charge in [0, 0.05) is 11.6 Å². The highest BCUT2D eigenvalue weighted by atomic mass is 32.1. The maximum Gasteiger partial charge on any atom is 0.238 e. The highest BCUT2D eigenvalue weighted by Gasteiger charge is 2.26. The zero-order valence-electron chi connectivity index (χ0n) is 17.3. The number of hydrogen-bond acceptors (Lipinski definition) is 5. The summed E-state index contributed by atoms with van der Waals surface area (Å²) in [6.45, 7) is 5.85. The molecule has 0 radical (unpaired) electrons. The van der Waals surface area contributed by atoms with Crippen molar-refractivity contribution in [3.05, 3.63) is 53.6 Å². The fourth-order valence-electron chi connectivity index (χ4n) is 3.83. The number of carbonyl (C=O) groups excluding carboxylic acids is 2. The number of likely N-dealkylation sites (tertiary alicyclic amines) is 1. The molecule has 2 heterocycles. The summed E-state index contributed by atoms with van der Waals surface area (Å²) in [5.41, 5.74) is 4.00. The molecule has 7 heteroatoms. The minimum absolute atomic E-state index is 0.0145. The molecule has 1 fully saturated rings. The maximum atomic E-state index is 12.6. The fraction of sp³-hybridized carbons (Fsp3) is 0.348. The molecule has 1 saturated heterocycles. The van der Waals surface area contributed by atoms with Gasteiger partial charge in [0.15, 0.2) is 5.13 Å². The minimum Gasteiger partial charge on any atom is -0.325 e. The lowest BCUT2D eigenvalue weighted by atomic mass is 9.96. The van der Waals surface area contributed by atoms with Gasteiger partial charge in [0.1, 0.15) is 0 Å². The second-order valence-corrected chi connectivity index (χ2v) is 8.92. The topological polar surface area (TPSA) is 74.3 Å². The third-order valence-corrected chi connectivity index (χ3v) is 6.46. The van der Waals surface area contributed by atoms with Crippen LogP contribution in [0.2, 0.25) is 0 Å². The predicted molar refractivity (Wildman–Crippen MR) is 122 cm³/mol. The molecule has 0 atom stereocenters. The van der Waals surface area contributed by atoms with Crippen LogP contribution in [-0.4, -0.2) is 41.3 Å². The Bertz CT molecular complexity index is 1040. The first kappa shape index (κ1) is 20.5. The predicted octanol–water partition coefficient (Wildman–Crippen LogP) is 4.20. The van der Waals surface area contributed by atoms with E-state index in [0.29, 0.717) is 11.7 Å². The number of thiazole rings is 1. The second-order valence-electron chi connectivity index (χ2n) is 7.89. The number of aromatic nitrogens is 1. The molecule has 6 nitrogen and oxygen atoms in total. The average Bonchev–Trinajstić information content (AvgIpc) is 3.13. The number of fused-ring (bicyclic) bond motifs is 1. The molecule has 0 spiro atoms. The van der Waals surface area contributed by atoms with E-state index >= 15 is 0 Å². The summed E-state index contributed by atoms with van der Waals surface area (Å²) < 4.78 is 1.07. The molecule has 0 unspecified atom stereocenters. The van der Waals surface area contributed by atoms with E-state index in [1.807, 2.05) is 50.2 Å². The summed E-state index contributed by atoms with van der Waals surface area (Å²) in [4.78, 5) is 31.6. The van der Waals surface area contributed by atoms with Gasteiger partial charge in [-0.2, -0.15) is 0 Å². The molecule has 0 saturated carbocycles. The van der Waals surface area contributed by atoms with E-state index in [4.69, 9.17) is 0 Å². The number of anilines is 2. The van der Waals surface area contributed by atoms with Gasteiger partial charge >= 0.3 is 0 Å². The molecular weight excluding hydrogens is 396 g/mol. The van der Waals surface area contributed by atoms with E-state index in [0.717, 1.165) is 47.4 Å². The van der Waals surface area contributed by atoms with Crippen LogP contribution in [0, 0.1) is 19.8 Å². The van der Waals surface area contributed by atoms with Crippen molar-refractivity contribution < 1.29 is 9.59 Å². The Morgan fingerprint density at radius 3 is 2.60 bits per heavy atom. The van der Waals surface area contributed by atoms with Crippen molar-refractivity contribution in [3.63, 3.8) is 0 Å². The first-order chi connectivity index (χ1) is 14.5. The largest absolute Gasteiger partial charge is 0.325 e. The number of carbonyl (C=O) groups is 2. The third kappa shape index (κ3) is 4.86. The molecule has 2 amide bonds. The van der Waals surface area contributed by atoms with Crippen LogP contribution in [0.25, 0.3) is 10.2 Å². The molecule has 1 aliphatic heterocycles. The molecule has 1 aliphatic rings. The van der Waals surface area contributed by atoms with Crippen LogP contribution in [0.3, 0.4) is 0 Å². The van der Waals surface area contributed by atoms with Gasteiger partial charge in [-0.25, -0.2) is 4.98 Å². The zero-order chi connectivity index (χ0) is 21.1. The van der Waals surface area contributed by atoms with Gasteiger partial charge in [-0.3, -0.25) is 14.5 Å². The SMILES string of the molecule is Cc1ccc(NC(=O)CN2CCC(C(=O)Nc3nc4ccccc4s3)CC2)c(C)c1. The van der Waals surface area contributed by atoms with Crippen molar-refractivity contribution in [1.29, 1.82) is 0 Å². The molecule has 2 N–H and O–H groups in total. The van der Waals surface area contributed by atoms with Gasteiger partial charge in [-0.05, 0) is 63.5 Å². The number of piperidine rings is 1. The molecule has 0 bridgehead atoms. The number of para-hydroxylation sites is 1. The van der Waals surface area contributed by atoms with Gasteiger partial charge in [0.05, 0.1) is 16.8 Å². The number of amides is 2. The first-order valence-electron chi connectivity index (χ1n) is 10.2. The molecule has 2 aromatic carbocycles. The summed E-state index contributed by atoms with van der Waals surface area (Å²) in [7, 11) is 0. The van der Waals surface area contributed by atoms with Crippen LogP contribution < -0.4 is 10.6 Å². The summed E-state index contributed by atoms with van der Waals surface area (Å²) in [5, 5.41) is 6.62. The number of nitrogens with zero attached hydrogens (tertiary/aromatic N) is 2. The molecule has 30 heavy (non-hydrogen) atoms. The van der Waals surface area contributed by atoms with Gasteiger partial charge in [-0.15, -0.1) is 0 Å². The summed E-state index contributed by atoms with van der Waals surface area (Å²) in [5.74, 6) is -0.0385. The number of hydrogen-bond donors (Lipinski definition) is 2. The van der Waals surface area contributed by atoms with Crippen molar-refractivity contribution in [1.82, 2.24) is 9.88 Å². The van der Waals surface area contributed by atoms with Crippen molar-refractivity contribution in [3.8, 4) is 0 Å². The van der Waals surface area contributed by atoms with Crippen LogP contribution in [0.1, 0.15) is 24.0 Å². The van der Waals surface area contributed by atoms with Crippen molar-refractivity contribution in [2.45, 2.75) is 26.7 Å². The fourth-order valence-corrected chi connectivity index (χ4v) is 4.70. The molecule has 4 rings (SSSR count). The first-order valence-corrected chi connectivity index (χ1v) is 11.1. The van der Waals surface area contributed by atoms with Gasteiger partial charge in [-0.1, -0.05) is 41.2 Å². The lowest BCUT2D eigenvalue weighted by molar-refractivity contribution is -0.121. The monoisotopic (exact) mass is 422 g/mol. The minimum atomic E-state index is -0.0457. The van der Waals surface area contributed by atoms with Crippen molar-refractivity contribution in [2.24, 2.45) is 5.92 Å². The average molecular weight is 423 g/mol. The Morgan fingerprint density at radius 2 is 1.87 bits per heavy atom. The number of aryl methyl sites for hydroxylation is 2. The van der Waals surface area contributed by atoms with Crippen LogP contribution in [0.5, 0.6) is 0 Å². The summed E-state index contributed by atoms with van der Waals surface area (Å²) >= 11 is 1.50. The quantitative estimate of drug-likeness (QED) is 0.646. The molecule has 156 valence electrons. The Labute approximate surface area is 180 Å². The van der Waals surface area contributed by atoms with Gasteiger partial charge < -0.3 is 10.6 Å². The van der Waals surface area contributed by atoms with E-state index in [-0.39, 0.29) is 17.7 Å². The van der Waals surface area contributed by atoms with Crippen LogP contribution in [0.4, 0.5) is 10.8 Å². The molecular formula is C23H26N4O2S. The van der Waals surface area contributed by atoms with Crippen LogP contribution in [-0.2, 0) is 9.59 Å². The van der Waals surface area contributed by atoms with E-state index in [1.165, 1.54) is 16.9 Å². The van der Waals surface area contributed by atoms with E-state index in [1.54, 1.807) is 0 Å². The second kappa shape index (κ2) is 8.93. The van der Waals surface area contributed by atoms with E-state index < -0.39 is 0 Å². The summed E-state index contributed by atoms with van der Waals surface area (Å²) in [6, 6.07) is 13.9. The zero-order valence-corrected chi connectivity index (χ0v) is 18.1. The lowest BCUT2D eigenvalue weighted by Gasteiger charge is -2.30.